The van der Waals surface area contributed by atoms with Crippen LogP contribution in [0.5, 0.6) is 0 Å². The van der Waals surface area contributed by atoms with E-state index in [1.807, 2.05) is 0 Å². The van der Waals surface area contributed by atoms with Crippen LogP contribution in [0.3, 0.4) is 0 Å². The van der Waals surface area contributed by atoms with Gasteiger partial charge in [-0.05, 0) is 25.0 Å². The Labute approximate surface area is 115 Å². The van der Waals surface area contributed by atoms with Crippen molar-refractivity contribution in [1.29, 1.82) is 0 Å². The molecule has 0 spiro atoms. The van der Waals surface area contributed by atoms with Gasteiger partial charge in [-0.3, -0.25) is 4.79 Å². The molecule has 0 saturated carbocycles. The van der Waals surface area contributed by atoms with Gasteiger partial charge < -0.3 is 10.6 Å². The number of nitrogens with two attached hydrogens (primary N) is 1. The zero-order valence-electron chi connectivity index (χ0n) is 9.53. The van der Waals surface area contributed by atoms with E-state index in [1.54, 1.807) is 4.90 Å². The highest BCUT2D eigenvalue weighted by Crippen LogP contribution is 2.25. The first-order valence-corrected chi connectivity index (χ1v) is 6.35. The van der Waals surface area contributed by atoms with Crippen LogP contribution in [0.25, 0.3) is 0 Å². The largest absolute Gasteiger partial charge is 0.392 e. The lowest BCUT2D eigenvalue weighted by Gasteiger charge is -2.24. The van der Waals surface area contributed by atoms with Gasteiger partial charge in [0.25, 0.3) is 5.91 Å². The Balaban J connectivity index is 2.31. The summed E-state index contributed by atoms with van der Waals surface area (Å²) < 4.78 is 13.3. The van der Waals surface area contributed by atoms with Crippen molar-refractivity contribution in [3.8, 4) is 0 Å². The Morgan fingerprint density at radius 3 is 2.94 bits per heavy atom. The SMILES string of the molecule is NC(=S)C1CCCN1C(=O)c1cccc(F)c1Cl. The Hall–Kier alpha value is -1.20. The highest BCUT2D eigenvalue weighted by atomic mass is 35.5. The number of halogens is 2. The van der Waals surface area contributed by atoms with Gasteiger partial charge in [0.05, 0.1) is 21.6 Å². The Morgan fingerprint density at radius 1 is 1.56 bits per heavy atom. The van der Waals surface area contributed by atoms with E-state index >= 15 is 0 Å². The summed E-state index contributed by atoms with van der Waals surface area (Å²) in [5.74, 6) is -0.927. The minimum atomic E-state index is -0.603. The van der Waals surface area contributed by atoms with Crippen LogP contribution < -0.4 is 5.73 Å². The maximum absolute atomic E-state index is 13.3. The minimum absolute atomic E-state index is 0.153. The molecule has 96 valence electrons. The van der Waals surface area contributed by atoms with Gasteiger partial charge in [-0.25, -0.2) is 4.39 Å². The molecule has 18 heavy (non-hydrogen) atoms. The molecule has 1 unspecified atom stereocenters. The van der Waals surface area contributed by atoms with E-state index in [2.05, 4.69) is 0 Å². The van der Waals surface area contributed by atoms with E-state index in [0.29, 0.717) is 6.54 Å². The number of rotatable bonds is 2. The number of likely N-dealkylation sites (tertiary alicyclic amines) is 1. The van der Waals surface area contributed by atoms with E-state index in [0.717, 1.165) is 12.8 Å². The number of benzene rings is 1. The highest BCUT2D eigenvalue weighted by molar-refractivity contribution is 7.80. The summed E-state index contributed by atoms with van der Waals surface area (Å²) in [6, 6.07) is 3.92. The second kappa shape index (κ2) is 5.20. The molecule has 6 heteroatoms. The molecule has 0 radical (unpaired) electrons. The predicted molar refractivity (Wildman–Crippen MR) is 72.3 cm³/mol. The van der Waals surface area contributed by atoms with Gasteiger partial charge in [0, 0.05) is 6.54 Å². The van der Waals surface area contributed by atoms with Crippen LogP contribution >= 0.6 is 23.8 Å². The fourth-order valence-electron chi connectivity index (χ4n) is 2.13. The average Bonchev–Trinajstić information content (AvgIpc) is 2.81. The predicted octanol–water partition coefficient (Wildman–Crippen LogP) is 2.37. The zero-order chi connectivity index (χ0) is 13.3. The molecule has 1 amide bonds. The Kier molecular flexibility index (Phi) is 3.82. The number of thiocarbonyl (C=S) groups is 1. The lowest BCUT2D eigenvalue weighted by Crippen LogP contribution is -2.42. The molecule has 1 aromatic carbocycles. The third-order valence-electron chi connectivity index (χ3n) is 3.02. The van der Waals surface area contributed by atoms with Crippen LogP contribution in [0.1, 0.15) is 23.2 Å². The van der Waals surface area contributed by atoms with Gasteiger partial charge in [0.2, 0.25) is 0 Å². The number of carbonyl (C=O) groups is 1. The topological polar surface area (TPSA) is 46.3 Å². The quantitative estimate of drug-likeness (QED) is 0.849. The summed E-state index contributed by atoms with van der Waals surface area (Å²) in [6.45, 7) is 0.563. The van der Waals surface area contributed by atoms with Crippen LogP contribution in [0.15, 0.2) is 18.2 Å². The van der Waals surface area contributed by atoms with E-state index in [1.165, 1.54) is 18.2 Å². The Morgan fingerprint density at radius 2 is 2.28 bits per heavy atom. The molecule has 1 aliphatic heterocycles. The summed E-state index contributed by atoms with van der Waals surface area (Å²) in [4.78, 5) is 14.1. The van der Waals surface area contributed by atoms with E-state index in [9.17, 15) is 9.18 Å². The summed E-state index contributed by atoms with van der Waals surface area (Å²) in [6.07, 6.45) is 1.58. The maximum atomic E-state index is 13.3. The standard InChI is InChI=1S/C12H12ClFN2OS/c13-10-7(3-1-4-8(10)14)12(17)16-6-2-5-9(16)11(15)18/h1,3-4,9H,2,5-6H2,(H2,15,18). The van der Waals surface area contributed by atoms with Crippen molar-refractivity contribution < 1.29 is 9.18 Å². The van der Waals surface area contributed by atoms with Crippen LogP contribution in [0.4, 0.5) is 4.39 Å². The first kappa shape index (κ1) is 13.2. The molecule has 2 rings (SSSR count). The summed E-state index contributed by atoms with van der Waals surface area (Å²) in [5, 5.41) is -0.156. The number of carbonyl (C=O) groups excluding carboxylic acids is 1. The normalized spacial score (nSPS) is 19.0. The van der Waals surface area contributed by atoms with Crippen LogP contribution in [-0.2, 0) is 0 Å². The van der Waals surface area contributed by atoms with Gasteiger partial charge in [-0.15, -0.1) is 0 Å². The molecule has 1 fully saturated rings. The molecular formula is C12H12ClFN2OS. The van der Waals surface area contributed by atoms with Gasteiger partial charge in [-0.2, -0.15) is 0 Å². The monoisotopic (exact) mass is 286 g/mol. The molecule has 1 aliphatic rings. The van der Waals surface area contributed by atoms with Gasteiger partial charge >= 0.3 is 0 Å². The van der Waals surface area contributed by atoms with Gasteiger partial charge in [0.15, 0.2) is 0 Å². The maximum Gasteiger partial charge on any atom is 0.256 e. The lowest BCUT2D eigenvalue weighted by molar-refractivity contribution is 0.0770. The fraction of sp³-hybridized carbons (Fsp3) is 0.333. The van der Waals surface area contributed by atoms with Crippen molar-refractivity contribution in [2.45, 2.75) is 18.9 Å². The first-order chi connectivity index (χ1) is 8.52. The molecule has 3 nitrogen and oxygen atoms in total. The van der Waals surface area contributed by atoms with Crippen molar-refractivity contribution in [3.63, 3.8) is 0 Å². The van der Waals surface area contributed by atoms with Crippen molar-refractivity contribution in [2.75, 3.05) is 6.54 Å². The van der Waals surface area contributed by atoms with Crippen molar-refractivity contribution in [2.24, 2.45) is 5.73 Å². The second-order valence-corrected chi connectivity index (χ2v) is 5.01. The fourth-order valence-corrected chi connectivity index (χ4v) is 2.58. The van der Waals surface area contributed by atoms with E-state index in [-0.39, 0.29) is 27.5 Å². The van der Waals surface area contributed by atoms with Crippen molar-refractivity contribution in [1.82, 2.24) is 4.90 Å². The summed E-state index contributed by atoms with van der Waals surface area (Å²) in [7, 11) is 0. The molecule has 0 aliphatic carbocycles. The first-order valence-electron chi connectivity index (χ1n) is 5.56. The molecule has 1 heterocycles. The number of nitrogens with zero attached hydrogens (tertiary/aromatic N) is 1. The van der Waals surface area contributed by atoms with E-state index < -0.39 is 5.82 Å². The van der Waals surface area contributed by atoms with Gasteiger partial charge in [-0.1, -0.05) is 29.9 Å². The number of amides is 1. The Bertz CT molecular complexity index is 509. The van der Waals surface area contributed by atoms with Crippen LogP contribution in [0.2, 0.25) is 5.02 Å². The number of hydrogen-bond donors (Lipinski definition) is 1. The zero-order valence-corrected chi connectivity index (χ0v) is 11.1. The number of hydrogen-bond acceptors (Lipinski definition) is 2. The molecule has 2 N–H and O–H groups in total. The molecule has 0 bridgehead atoms. The molecule has 1 saturated heterocycles. The summed E-state index contributed by atoms with van der Waals surface area (Å²) >= 11 is 10.7. The third-order valence-corrected chi connectivity index (χ3v) is 3.68. The van der Waals surface area contributed by atoms with Crippen molar-refractivity contribution in [3.05, 3.63) is 34.6 Å². The van der Waals surface area contributed by atoms with E-state index in [4.69, 9.17) is 29.6 Å². The molecular weight excluding hydrogens is 275 g/mol. The third kappa shape index (κ3) is 2.33. The van der Waals surface area contributed by atoms with Gasteiger partial charge in [0.1, 0.15) is 5.82 Å². The lowest BCUT2D eigenvalue weighted by atomic mass is 10.1. The smallest absolute Gasteiger partial charge is 0.256 e. The second-order valence-electron chi connectivity index (χ2n) is 4.16. The highest BCUT2D eigenvalue weighted by Gasteiger charge is 2.32. The van der Waals surface area contributed by atoms with Crippen LogP contribution in [-0.4, -0.2) is 28.4 Å². The van der Waals surface area contributed by atoms with Crippen molar-refractivity contribution >= 4 is 34.7 Å². The van der Waals surface area contributed by atoms with Crippen LogP contribution in [0, 0.1) is 5.82 Å². The molecule has 1 atom stereocenters. The average molecular weight is 287 g/mol. The summed E-state index contributed by atoms with van der Waals surface area (Å²) in [5.41, 5.74) is 5.76. The molecule has 1 aromatic rings. The molecule has 0 aromatic heterocycles. The minimum Gasteiger partial charge on any atom is -0.392 e.